The Labute approximate surface area is 94.9 Å². The highest BCUT2D eigenvalue weighted by Gasteiger charge is 2.05. The number of benzene rings is 1. The molecule has 0 amide bonds. The second kappa shape index (κ2) is 3.68. The van der Waals surface area contributed by atoms with Gasteiger partial charge in [0.1, 0.15) is 3.70 Å². The molecule has 0 aliphatic carbocycles. The van der Waals surface area contributed by atoms with E-state index in [9.17, 15) is 4.79 Å². The maximum Gasteiger partial charge on any atom is 0.274 e. The molecule has 14 heavy (non-hydrogen) atoms. The van der Waals surface area contributed by atoms with Crippen molar-refractivity contribution < 1.29 is 0 Å². The summed E-state index contributed by atoms with van der Waals surface area (Å²) in [7, 11) is 0. The molecule has 1 heterocycles. The fourth-order valence-electron chi connectivity index (χ4n) is 1.41. The lowest BCUT2D eigenvalue weighted by molar-refractivity contribution is 0.616. The topological polar surface area (TPSA) is 34.9 Å². The number of hydrogen-bond acceptors (Lipinski definition) is 2. The van der Waals surface area contributed by atoms with Gasteiger partial charge >= 0.3 is 0 Å². The maximum atomic E-state index is 11.8. The van der Waals surface area contributed by atoms with Crippen molar-refractivity contribution in [3.05, 3.63) is 38.3 Å². The van der Waals surface area contributed by atoms with E-state index in [0.717, 1.165) is 14.5 Å². The minimum atomic E-state index is -0.0106. The molecule has 4 heteroatoms. The van der Waals surface area contributed by atoms with Gasteiger partial charge in [-0.3, -0.25) is 4.79 Å². The maximum absolute atomic E-state index is 11.8. The van der Waals surface area contributed by atoms with Gasteiger partial charge < -0.3 is 0 Å². The van der Waals surface area contributed by atoms with Gasteiger partial charge in [0.2, 0.25) is 0 Å². The van der Waals surface area contributed by atoms with E-state index in [1.54, 1.807) is 0 Å². The Morgan fingerprint density at radius 3 is 2.64 bits per heavy atom. The van der Waals surface area contributed by atoms with Gasteiger partial charge in [-0.1, -0.05) is 18.2 Å². The van der Waals surface area contributed by atoms with Gasteiger partial charge in [-0.2, -0.15) is 5.10 Å². The van der Waals surface area contributed by atoms with E-state index in [4.69, 9.17) is 0 Å². The molecule has 1 aromatic heterocycles. The number of hydrogen-bond donors (Lipinski definition) is 0. The molecule has 0 saturated heterocycles. The van der Waals surface area contributed by atoms with Crippen LogP contribution in [0.25, 0.3) is 10.8 Å². The summed E-state index contributed by atoms with van der Waals surface area (Å²) in [4.78, 5) is 11.8. The highest BCUT2D eigenvalue weighted by Crippen LogP contribution is 2.14. The smallest absolute Gasteiger partial charge is 0.267 e. The quantitative estimate of drug-likeness (QED) is 0.755. The Bertz CT molecular complexity index is 533. The van der Waals surface area contributed by atoms with Crippen LogP contribution < -0.4 is 5.56 Å². The lowest BCUT2D eigenvalue weighted by atomic mass is 10.2. The Morgan fingerprint density at radius 2 is 2.00 bits per heavy atom. The Kier molecular flexibility index (Phi) is 2.54. The van der Waals surface area contributed by atoms with E-state index >= 15 is 0 Å². The van der Waals surface area contributed by atoms with Crippen LogP contribution in [-0.4, -0.2) is 9.78 Å². The zero-order valence-electron chi connectivity index (χ0n) is 7.70. The summed E-state index contributed by atoms with van der Waals surface area (Å²) in [5.74, 6) is 0. The molecule has 0 radical (unpaired) electrons. The van der Waals surface area contributed by atoms with Crippen LogP contribution in [0.2, 0.25) is 0 Å². The average Bonchev–Trinajstić information content (AvgIpc) is 2.23. The first-order chi connectivity index (χ1) is 6.74. The fourth-order valence-corrected chi connectivity index (χ4v) is 2.14. The number of rotatable bonds is 1. The van der Waals surface area contributed by atoms with Crippen molar-refractivity contribution in [2.75, 3.05) is 0 Å². The number of fused-ring (bicyclic) bond motifs is 1. The van der Waals surface area contributed by atoms with Crippen molar-refractivity contribution in [3.63, 3.8) is 0 Å². The van der Waals surface area contributed by atoms with Gasteiger partial charge in [0.25, 0.3) is 5.56 Å². The van der Waals surface area contributed by atoms with Crippen molar-refractivity contribution in [1.82, 2.24) is 9.78 Å². The van der Waals surface area contributed by atoms with Crippen molar-refractivity contribution in [2.24, 2.45) is 0 Å². The van der Waals surface area contributed by atoms with E-state index in [0.29, 0.717) is 6.54 Å². The molecule has 2 rings (SSSR count). The molecule has 0 atom stereocenters. The van der Waals surface area contributed by atoms with Gasteiger partial charge in [0.05, 0.1) is 5.39 Å². The van der Waals surface area contributed by atoms with Crippen molar-refractivity contribution in [3.8, 4) is 0 Å². The second-order valence-electron chi connectivity index (χ2n) is 2.96. The molecule has 0 N–H and O–H groups in total. The van der Waals surface area contributed by atoms with Crippen LogP contribution in [0.15, 0.2) is 29.1 Å². The molecular weight excluding hydrogens is 291 g/mol. The Balaban J connectivity index is 2.95. The lowest BCUT2D eigenvalue weighted by Crippen LogP contribution is -2.23. The fraction of sp³-hybridized carbons (Fsp3) is 0.200. The molecule has 3 nitrogen and oxygen atoms in total. The lowest BCUT2D eigenvalue weighted by Gasteiger charge is -2.04. The molecule has 0 fully saturated rings. The Morgan fingerprint density at radius 1 is 1.36 bits per heavy atom. The summed E-state index contributed by atoms with van der Waals surface area (Å²) in [6.45, 7) is 2.53. The zero-order valence-corrected chi connectivity index (χ0v) is 9.85. The number of aromatic nitrogens is 2. The van der Waals surface area contributed by atoms with Crippen LogP contribution in [0, 0.1) is 3.70 Å². The molecule has 1 aromatic carbocycles. The highest BCUT2D eigenvalue weighted by atomic mass is 127. The van der Waals surface area contributed by atoms with Crippen LogP contribution in [0.3, 0.4) is 0 Å². The van der Waals surface area contributed by atoms with Gasteiger partial charge in [0.15, 0.2) is 0 Å². The normalized spacial score (nSPS) is 10.7. The molecule has 0 aliphatic rings. The molecule has 0 spiro atoms. The summed E-state index contributed by atoms with van der Waals surface area (Å²) >= 11 is 2.15. The standard InChI is InChI=1S/C10H9IN2O/c1-2-13-10(14)8-6-4-3-5-7(8)9(11)12-13/h3-6H,2H2,1H3. The van der Waals surface area contributed by atoms with Crippen LogP contribution in [0.5, 0.6) is 0 Å². The third-order valence-electron chi connectivity index (χ3n) is 2.12. The molecule has 0 saturated carbocycles. The van der Waals surface area contributed by atoms with Gasteiger partial charge in [-0.05, 0) is 35.6 Å². The third kappa shape index (κ3) is 1.43. The summed E-state index contributed by atoms with van der Waals surface area (Å²) in [6, 6.07) is 7.56. The number of halogens is 1. The first kappa shape index (κ1) is 9.64. The van der Waals surface area contributed by atoms with Crippen molar-refractivity contribution >= 4 is 33.4 Å². The zero-order chi connectivity index (χ0) is 10.1. The van der Waals surface area contributed by atoms with Crippen LogP contribution in [-0.2, 0) is 6.54 Å². The predicted molar refractivity (Wildman–Crippen MR) is 64.4 cm³/mol. The van der Waals surface area contributed by atoms with Crippen molar-refractivity contribution in [1.29, 1.82) is 0 Å². The SMILES string of the molecule is CCn1nc(I)c2ccccc2c1=O. The van der Waals surface area contributed by atoms with Crippen LogP contribution in [0.1, 0.15) is 6.92 Å². The highest BCUT2D eigenvalue weighted by molar-refractivity contribution is 14.1. The summed E-state index contributed by atoms with van der Waals surface area (Å²) in [6.07, 6.45) is 0. The predicted octanol–water partition coefficient (Wildman–Crippen LogP) is 2.02. The molecule has 0 unspecified atom stereocenters. The molecule has 72 valence electrons. The monoisotopic (exact) mass is 300 g/mol. The van der Waals surface area contributed by atoms with Crippen LogP contribution in [0.4, 0.5) is 0 Å². The first-order valence-corrected chi connectivity index (χ1v) is 5.47. The van der Waals surface area contributed by atoms with Crippen molar-refractivity contribution in [2.45, 2.75) is 13.5 Å². The second-order valence-corrected chi connectivity index (χ2v) is 3.98. The van der Waals surface area contributed by atoms with Gasteiger partial charge in [0, 0.05) is 11.9 Å². The number of nitrogens with zero attached hydrogens (tertiary/aromatic N) is 2. The van der Waals surface area contributed by atoms with Gasteiger partial charge in [-0.15, -0.1) is 0 Å². The number of aryl methyl sites for hydroxylation is 1. The molecule has 0 bridgehead atoms. The van der Waals surface area contributed by atoms with Gasteiger partial charge in [-0.25, -0.2) is 4.68 Å². The van der Waals surface area contributed by atoms with E-state index in [2.05, 4.69) is 27.7 Å². The summed E-state index contributed by atoms with van der Waals surface area (Å²) in [5, 5.41) is 5.89. The van der Waals surface area contributed by atoms with E-state index in [1.165, 1.54) is 4.68 Å². The Hall–Kier alpha value is -0.910. The van der Waals surface area contributed by atoms with E-state index in [1.807, 2.05) is 31.2 Å². The first-order valence-electron chi connectivity index (χ1n) is 4.39. The largest absolute Gasteiger partial charge is 0.274 e. The summed E-state index contributed by atoms with van der Waals surface area (Å²) in [5.41, 5.74) is -0.0106. The summed E-state index contributed by atoms with van der Waals surface area (Å²) < 4.78 is 2.36. The minimum Gasteiger partial charge on any atom is -0.267 e. The van der Waals surface area contributed by atoms with E-state index in [-0.39, 0.29) is 5.56 Å². The molecule has 0 aliphatic heterocycles. The average molecular weight is 300 g/mol. The van der Waals surface area contributed by atoms with E-state index < -0.39 is 0 Å². The van der Waals surface area contributed by atoms with Crippen LogP contribution >= 0.6 is 22.6 Å². The third-order valence-corrected chi connectivity index (χ3v) is 2.92. The molecular formula is C10H9IN2O. The molecule has 2 aromatic rings. The minimum absolute atomic E-state index is 0.0106.